The zero-order valence-electron chi connectivity index (χ0n) is 9.97. The highest BCUT2D eigenvalue weighted by molar-refractivity contribution is 6.30. The number of nitrogens with zero attached hydrogens (tertiary/aromatic N) is 3. The Morgan fingerprint density at radius 1 is 1.06 bits per heavy atom. The Bertz CT molecular complexity index is 686. The summed E-state index contributed by atoms with van der Waals surface area (Å²) in [5.74, 6) is 0.949. The lowest BCUT2D eigenvalue weighted by Crippen LogP contribution is -1.99. The highest BCUT2D eigenvalue weighted by Gasteiger charge is 2.07. The van der Waals surface area contributed by atoms with Crippen LogP contribution in [0.3, 0.4) is 0 Å². The van der Waals surface area contributed by atoms with Crippen LogP contribution < -0.4 is 0 Å². The smallest absolute Gasteiger partial charge is 0.160 e. The fraction of sp³-hybridized carbons (Fsp3) is 0.143. The zero-order valence-corrected chi connectivity index (χ0v) is 10.7. The molecule has 3 rings (SSSR count). The van der Waals surface area contributed by atoms with E-state index in [9.17, 15) is 0 Å². The number of halogens is 1. The third-order valence-corrected chi connectivity index (χ3v) is 3.22. The largest absolute Gasteiger partial charge is 0.283 e. The Kier molecular flexibility index (Phi) is 2.76. The van der Waals surface area contributed by atoms with Gasteiger partial charge in [0.15, 0.2) is 5.65 Å². The summed E-state index contributed by atoms with van der Waals surface area (Å²) in [6.45, 7) is 2.06. The normalized spacial score (nSPS) is 11.0. The van der Waals surface area contributed by atoms with Gasteiger partial charge in [-0.05, 0) is 36.8 Å². The first-order valence-corrected chi connectivity index (χ1v) is 6.16. The molecular formula is C14H12ClN3. The standard InChI is InChI=1S/C14H12ClN3/c1-10-3-2-4-13-16-17-14(18(10)13)9-11-5-7-12(15)8-6-11/h2-8H,9H2,1H3. The molecule has 0 aliphatic carbocycles. The second kappa shape index (κ2) is 4.42. The van der Waals surface area contributed by atoms with Crippen LogP contribution in [0, 0.1) is 6.92 Å². The summed E-state index contributed by atoms with van der Waals surface area (Å²) < 4.78 is 2.08. The molecule has 0 saturated carbocycles. The molecule has 4 heteroatoms. The second-order valence-corrected chi connectivity index (χ2v) is 4.72. The number of hydrogen-bond donors (Lipinski definition) is 0. The van der Waals surface area contributed by atoms with Crippen LogP contribution in [0.15, 0.2) is 42.5 Å². The van der Waals surface area contributed by atoms with E-state index < -0.39 is 0 Å². The molecule has 0 radical (unpaired) electrons. The predicted octanol–water partition coefficient (Wildman–Crippen LogP) is 3.28. The number of aryl methyl sites for hydroxylation is 1. The molecule has 3 aromatic rings. The molecule has 2 aromatic heterocycles. The number of pyridine rings is 1. The van der Waals surface area contributed by atoms with Crippen molar-refractivity contribution in [2.24, 2.45) is 0 Å². The van der Waals surface area contributed by atoms with Crippen LogP contribution in [0.5, 0.6) is 0 Å². The van der Waals surface area contributed by atoms with Gasteiger partial charge in [-0.25, -0.2) is 0 Å². The fourth-order valence-electron chi connectivity index (χ4n) is 2.07. The summed E-state index contributed by atoms with van der Waals surface area (Å²) >= 11 is 5.88. The van der Waals surface area contributed by atoms with Crippen molar-refractivity contribution >= 4 is 17.2 Å². The van der Waals surface area contributed by atoms with E-state index in [1.807, 2.05) is 36.4 Å². The maximum Gasteiger partial charge on any atom is 0.160 e. The Hall–Kier alpha value is -1.87. The van der Waals surface area contributed by atoms with E-state index in [0.29, 0.717) is 0 Å². The Morgan fingerprint density at radius 3 is 2.61 bits per heavy atom. The van der Waals surface area contributed by atoms with Crippen molar-refractivity contribution in [1.29, 1.82) is 0 Å². The van der Waals surface area contributed by atoms with Crippen LogP contribution in [0.25, 0.3) is 5.65 Å². The van der Waals surface area contributed by atoms with Gasteiger partial charge in [0.05, 0.1) is 0 Å². The van der Waals surface area contributed by atoms with Crippen molar-refractivity contribution in [2.45, 2.75) is 13.3 Å². The van der Waals surface area contributed by atoms with Gasteiger partial charge >= 0.3 is 0 Å². The molecule has 0 amide bonds. The van der Waals surface area contributed by atoms with Gasteiger partial charge in [-0.3, -0.25) is 4.40 Å². The van der Waals surface area contributed by atoms with Gasteiger partial charge in [-0.1, -0.05) is 29.8 Å². The quantitative estimate of drug-likeness (QED) is 0.705. The van der Waals surface area contributed by atoms with Gasteiger partial charge in [0.25, 0.3) is 0 Å². The topological polar surface area (TPSA) is 30.2 Å². The molecule has 1 aromatic carbocycles. The number of benzene rings is 1. The monoisotopic (exact) mass is 257 g/mol. The maximum absolute atomic E-state index is 5.88. The van der Waals surface area contributed by atoms with Gasteiger partial charge in [0.2, 0.25) is 0 Å². The SMILES string of the molecule is Cc1cccc2nnc(Cc3ccc(Cl)cc3)n12. The second-order valence-electron chi connectivity index (χ2n) is 4.28. The molecule has 18 heavy (non-hydrogen) atoms. The molecule has 0 N–H and O–H groups in total. The molecule has 0 bridgehead atoms. The van der Waals surface area contributed by atoms with Crippen molar-refractivity contribution in [2.75, 3.05) is 0 Å². The maximum atomic E-state index is 5.88. The molecule has 0 saturated heterocycles. The molecule has 0 spiro atoms. The van der Waals surface area contributed by atoms with Gasteiger partial charge < -0.3 is 0 Å². The minimum absolute atomic E-state index is 0.751. The van der Waals surface area contributed by atoms with Gasteiger partial charge in [0, 0.05) is 17.1 Å². The van der Waals surface area contributed by atoms with Crippen molar-refractivity contribution in [3.63, 3.8) is 0 Å². The van der Waals surface area contributed by atoms with E-state index in [0.717, 1.165) is 28.6 Å². The summed E-state index contributed by atoms with van der Waals surface area (Å²) in [5.41, 5.74) is 3.21. The number of rotatable bonds is 2. The molecule has 0 aliphatic rings. The molecule has 0 fully saturated rings. The van der Waals surface area contributed by atoms with Crippen LogP contribution in [-0.2, 0) is 6.42 Å². The molecule has 0 unspecified atom stereocenters. The van der Waals surface area contributed by atoms with Gasteiger partial charge in [0.1, 0.15) is 5.82 Å². The summed E-state index contributed by atoms with van der Waals surface area (Å²) in [6, 6.07) is 13.8. The van der Waals surface area contributed by atoms with Crippen LogP contribution >= 0.6 is 11.6 Å². The third-order valence-electron chi connectivity index (χ3n) is 2.97. The Balaban J connectivity index is 2.02. The van der Waals surface area contributed by atoms with E-state index in [1.165, 1.54) is 5.56 Å². The van der Waals surface area contributed by atoms with Crippen molar-refractivity contribution in [3.8, 4) is 0 Å². The van der Waals surface area contributed by atoms with E-state index in [-0.39, 0.29) is 0 Å². The van der Waals surface area contributed by atoms with Crippen LogP contribution in [0.2, 0.25) is 5.02 Å². The average molecular weight is 258 g/mol. The lowest BCUT2D eigenvalue weighted by atomic mass is 10.1. The minimum Gasteiger partial charge on any atom is -0.283 e. The highest BCUT2D eigenvalue weighted by atomic mass is 35.5. The van der Waals surface area contributed by atoms with Crippen molar-refractivity contribution in [3.05, 3.63) is 64.6 Å². The molecule has 90 valence electrons. The first-order valence-electron chi connectivity index (χ1n) is 5.78. The molecule has 0 atom stereocenters. The fourth-order valence-corrected chi connectivity index (χ4v) is 2.20. The Morgan fingerprint density at radius 2 is 1.83 bits per heavy atom. The van der Waals surface area contributed by atoms with E-state index in [1.54, 1.807) is 0 Å². The van der Waals surface area contributed by atoms with Gasteiger partial charge in [-0.15, -0.1) is 10.2 Å². The third kappa shape index (κ3) is 1.97. The summed E-state index contributed by atoms with van der Waals surface area (Å²) in [6.07, 6.45) is 0.753. The Labute approximate surface area is 110 Å². The first kappa shape index (κ1) is 11.2. The minimum atomic E-state index is 0.751. The van der Waals surface area contributed by atoms with E-state index in [2.05, 4.69) is 27.6 Å². The van der Waals surface area contributed by atoms with Crippen molar-refractivity contribution < 1.29 is 0 Å². The molecule has 2 heterocycles. The highest BCUT2D eigenvalue weighted by Crippen LogP contribution is 2.14. The summed E-state index contributed by atoms with van der Waals surface area (Å²) in [4.78, 5) is 0. The lowest BCUT2D eigenvalue weighted by molar-refractivity contribution is 0.915. The van der Waals surface area contributed by atoms with Gasteiger partial charge in [-0.2, -0.15) is 0 Å². The van der Waals surface area contributed by atoms with Crippen LogP contribution in [0.4, 0.5) is 0 Å². The van der Waals surface area contributed by atoms with Crippen LogP contribution in [-0.4, -0.2) is 14.6 Å². The number of hydrogen-bond acceptors (Lipinski definition) is 2. The average Bonchev–Trinajstić information content (AvgIpc) is 2.77. The lowest BCUT2D eigenvalue weighted by Gasteiger charge is -2.03. The predicted molar refractivity (Wildman–Crippen MR) is 72.0 cm³/mol. The summed E-state index contributed by atoms with van der Waals surface area (Å²) in [5, 5.41) is 9.18. The molecule has 3 nitrogen and oxygen atoms in total. The van der Waals surface area contributed by atoms with Crippen molar-refractivity contribution in [1.82, 2.24) is 14.6 Å². The molecular weight excluding hydrogens is 246 g/mol. The number of fused-ring (bicyclic) bond motifs is 1. The van der Waals surface area contributed by atoms with Crippen LogP contribution in [0.1, 0.15) is 17.1 Å². The molecule has 0 aliphatic heterocycles. The van der Waals surface area contributed by atoms with E-state index >= 15 is 0 Å². The van der Waals surface area contributed by atoms with E-state index in [4.69, 9.17) is 11.6 Å². The summed E-state index contributed by atoms with van der Waals surface area (Å²) in [7, 11) is 0. The number of aromatic nitrogens is 3. The zero-order chi connectivity index (χ0) is 12.5. The first-order chi connectivity index (χ1) is 8.74.